The average Bonchev–Trinajstić information content (AvgIpc) is 2.71. The second kappa shape index (κ2) is 4.58. The molecule has 0 saturated heterocycles. The lowest BCUT2D eigenvalue weighted by atomic mass is 10.2. The minimum atomic E-state index is 0.665. The fourth-order valence-corrected chi connectivity index (χ4v) is 2.68. The van der Waals surface area contributed by atoms with E-state index in [0.717, 1.165) is 26.9 Å². The van der Waals surface area contributed by atoms with Crippen LogP contribution in [0.2, 0.25) is 0 Å². The molecule has 0 bridgehead atoms. The van der Waals surface area contributed by atoms with Crippen LogP contribution < -0.4 is 0 Å². The quantitative estimate of drug-likeness (QED) is 0.667. The zero-order valence-electron chi connectivity index (χ0n) is 10.6. The third-order valence-electron chi connectivity index (χ3n) is 3.19. The van der Waals surface area contributed by atoms with Gasteiger partial charge in [-0.2, -0.15) is 0 Å². The Hall–Kier alpha value is -1.46. The number of hydrogen-bond donors (Lipinski definition) is 1. The van der Waals surface area contributed by atoms with Gasteiger partial charge >= 0.3 is 0 Å². The van der Waals surface area contributed by atoms with Crippen LogP contribution >= 0.6 is 28.1 Å². The number of rotatable bonds is 1. The SMILES string of the molecule is Cc1cc(-n2c(=S)[nH]c3c(C)ccnc32)ccc1Br. The number of fused-ring (bicyclic) bond motifs is 1. The molecular weight excluding hydrogens is 322 g/mol. The molecule has 3 rings (SSSR count). The lowest BCUT2D eigenvalue weighted by molar-refractivity contribution is 1.04. The first-order valence-corrected chi connectivity index (χ1v) is 7.11. The highest BCUT2D eigenvalue weighted by atomic mass is 79.9. The van der Waals surface area contributed by atoms with E-state index in [1.54, 1.807) is 0 Å². The molecule has 0 aliphatic heterocycles. The summed E-state index contributed by atoms with van der Waals surface area (Å²) in [7, 11) is 0. The predicted molar refractivity (Wildman–Crippen MR) is 83.4 cm³/mol. The Morgan fingerprint density at radius 1 is 1.21 bits per heavy atom. The molecule has 0 aliphatic rings. The summed E-state index contributed by atoms with van der Waals surface area (Å²) in [5, 5.41) is 0. The molecule has 0 radical (unpaired) electrons. The van der Waals surface area contributed by atoms with Crippen molar-refractivity contribution in [2.45, 2.75) is 13.8 Å². The van der Waals surface area contributed by atoms with Gasteiger partial charge in [-0.3, -0.25) is 4.57 Å². The maximum atomic E-state index is 5.43. The largest absolute Gasteiger partial charge is 0.329 e. The van der Waals surface area contributed by atoms with Crippen molar-refractivity contribution in [2.75, 3.05) is 0 Å². The molecule has 0 fully saturated rings. The molecule has 3 aromatic rings. The van der Waals surface area contributed by atoms with Crippen LogP contribution in [-0.4, -0.2) is 14.5 Å². The molecule has 19 heavy (non-hydrogen) atoms. The van der Waals surface area contributed by atoms with Crippen LogP contribution in [0.1, 0.15) is 11.1 Å². The first-order valence-electron chi connectivity index (χ1n) is 5.91. The van der Waals surface area contributed by atoms with Crippen LogP contribution in [0.4, 0.5) is 0 Å². The molecule has 0 amide bonds. The Balaban J connectivity index is 2.36. The van der Waals surface area contributed by atoms with Gasteiger partial charge in [0.05, 0.1) is 11.2 Å². The fourth-order valence-electron chi connectivity index (χ4n) is 2.13. The van der Waals surface area contributed by atoms with Crippen molar-refractivity contribution in [3.05, 3.63) is 50.8 Å². The number of imidazole rings is 1. The van der Waals surface area contributed by atoms with Gasteiger partial charge in [-0.1, -0.05) is 15.9 Å². The van der Waals surface area contributed by atoms with Gasteiger partial charge in [0, 0.05) is 10.7 Å². The Bertz CT molecular complexity index is 832. The summed E-state index contributed by atoms with van der Waals surface area (Å²) in [5.74, 6) is 0. The minimum absolute atomic E-state index is 0.665. The first kappa shape index (κ1) is 12.6. The molecule has 96 valence electrons. The van der Waals surface area contributed by atoms with E-state index in [1.165, 1.54) is 5.56 Å². The van der Waals surface area contributed by atoms with Gasteiger partial charge < -0.3 is 4.98 Å². The first-order chi connectivity index (χ1) is 9.08. The number of aromatic amines is 1. The lowest BCUT2D eigenvalue weighted by Crippen LogP contribution is -1.96. The van der Waals surface area contributed by atoms with Crippen LogP contribution in [0, 0.1) is 18.6 Å². The van der Waals surface area contributed by atoms with Gasteiger partial charge in [0.1, 0.15) is 0 Å². The van der Waals surface area contributed by atoms with E-state index in [1.807, 2.05) is 35.9 Å². The maximum absolute atomic E-state index is 5.43. The molecule has 0 spiro atoms. The van der Waals surface area contributed by atoms with E-state index in [0.29, 0.717) is 4.77 Å². The summed E-state index contributed by atoms with van der Waals surface area (Å²) in [6.07, 6.45) is 1.81. The van der Waals surface area contributed by atoms with E-state index in [9.17, 15) is 0 Å². The average molecular weight is 334 g/mol. The number of halogens is 1. The van der Waals surface area contributed by atoms with Crippen molar-refractivity contribution in [3.8, 4) is 5.69 Å². The molecule has 5 heteroatoms. The molecule has 0 aliphatic carbocycles. The van der Waals surface area contributed by atoms with E-state index in [-0.39, 0.29) is 0 Å². The van der Waals surface area contributed by atoms with Crippen LogP contribution in [0.3, 0.4) is 0 Å². The number of benzene rings is 1. The molecule has 0 unspecified atom stereocenters. The molecule has 0 saturated carbocycles. The van der Waals surface area contributed by atoms with Gasteiger partial charge in [-0.05, 0) is 61.5 Å². The van der Waals surface area contributed by atoms with E-state index in [2.05, 4.69) is 38.9 Å². The van der Waals surface area contributed by atoms with E-state index >= 15 is 0 Å². The Morgan fingerprint density at radius 2 is 2.00 bits per heavy atom. The summed E-state index contributed by atoms with van der Waals surface area (Å²) in [5.41, 5.74) is 5.19. The molecule has 1 N–H and O–H groups in total. The normalized spacial score (nSPS) is 11.1. The standard InChI is InChI=1S/C14H12BrN3S/c1-8-5-6-16-13-12(8)17-14(19)18(13)10-3-4-11(15)9(2)7-10/h3-7H,1-2H3,(H,17,19). The number of nitrogens with one attached hydrogen (secondary N) is 1. The van der Waals surface area contributed by atoms with E-state index in [4.69, 9.17) is 12.2 Å². The van der Waals surface area contributed by atoms with Crippen LogP contribution in [0.15, 0.2) is 34.9 Å². The third-order valence-corrected chi connectivity index (χ3v) is 4.36. The highest BCUT2D eigenvalue weighted by molar-refractivity contribution is 9.10. The third kappa shape index (κ3) is 2.03. The monoisotopic (exact) mass is 333 g/mol. The minimum Gasteiger partial charge on any atom is -0.329 e. The van der Waals surface area contributed by atoms with Crippen LogP contribution in [0.5, 0.6) is 0 Å². The van der Waals surface area contributed by atoms with Gasteiger partial charge in [0.15, 0.2) is 10.4 Å². The zero-order valence-corrected chi connectivity index (χ0v) is 13.0. The molecule has 1 aromatic carbocycles. The van der Waals surface area contributed by atoms with Crippen molar-refractivity contribution in [1.29, 1.82) is 0 Å². The smallest absolute Gasteiger partial charge is 0.184 e. The number of aryl methyl sites for hydroxylation is 2. The van der Waals surface area contributed by atoms with Crippen molar-refractivity contribution in [2.24, 2.45) is 0 Å². The van der Waals surface area contributed by atoms with Crippen LogP contribution in [-0.2, 0) is 0 Å². The van der Waals surface area contributed by atoms with Crippen LogP contribution in [0.25, 0.3) is 16.9 Å². The van der Waals surface area contributed by atoms with Gasteiger partial charge in [0.2, 0.25) is 0 Å². The number of pyridine rings is 1. The Labute approximate surface area is 124 Å². The highest BCUT2D eigenvalue weighted by Gasteiger charge is 2.10. The highest BCUT2D eigenvalue weighted by Crippen LogP contribution is 2.23. The molecule has 0 atom stereocenters. The lowest BCUT2D eigenvalue weighted by Gasteiger charge is -2.06. The predicted octanol–water partition coefficient (Wildman–Crippen LogP) is 4.46. The molecule has 3 nitrogen and oxygen atoms in total. The molecule has 2 aromatic heterocycles. The summed E-state index contributed by atoms with van der Waals surface area (Å²) < 4.78 is 3.72. The van der Waals surface area contributed by atoms with Crippen molar-refractivity contribution in [1.82, 2.24) is 14.5 Å². The van der Waals surface area contributed by atoms with Crippen molar-refractivity contribution >= 4 is 39.3 Å². The van der Waals surface area contributed by atoms with Gasteiger partial charge in [-0.15, -0.1) is 0 Å². The summed E-state index contributed by atoms with van der Waals surface area (Å²) in [6.45, 7) is 4.11. The summed E-state index contributed by atoms with van der Waals surface area (Å²) in [4.78, 5) is 7.68. The van der Waals surface area contributed by atoms with Gasteiger partial charge in [-0.25, -0.2) is 4.98 Å². The number of nitrogens with zero attached hydrogens (tertiary/aromatic N) is 2. The number of H-pyrrole nitrogens is 1. The number of hydrogen-bond acceptors (Lipinski definition) is 2. The van der Waals surface area contributed by atoms with E-state index < -0.39 is 0 Å². The fraction of sp³-hybridized carbons (Fsp3) is 0.143. The Kier molecular flexibility index (Phi) is 3.03. The molecule has 2 heterocycles. The number of aromatic nitrogens is 3. The summed E-state index contributed by atoms with van der Waals surface area (Å²) >= 11 is 8.94. The van der Waals surface area contributed by atoms with Gasteiger partial charge in [0.25, 0.3) is 0 Å². The maximum Gasteiger partial charge on any atom is 0.184 e. The molecular formula is C14H12BrN3S. The zero-order chi connectivity index (χ0) is 13.6. The summed E-state index contributed by atoms with van der Waals surface area (Å²) in [6, 6.07) is 8.13. The van der Waals surface area contributed by atoms with Crippen molar-refractivity contribution < 1.29 is 0 Å². The van der Waals surface area contributed by atoms with Crippen molar-refractivity contribution in [3.63, 3.8) is 0 Å². The second-order valence-corrected chi connectivity index (χ2v) is 5.77. The second-order valence-electron chi connectivity index (χ2n) is 4.53. The topological polar surface area (TPSA) is 33.6 Å². The Morgan fingerprint density at radius 3 is 2.74 bits per heavy atom.